The Bertz CT molecular complexity index is 622. The summed E-state index contributed by atoms with van der Waals surface area (Å²) in [4.78, 5) is 12.3. The van der Waals surface area contributed by atoms with Gasteiger partial charge in [0.05, 0.1) is 0 Å². The van der Waals surface area contributed by atoms with Crippen molar-refractivity contribution >= 4 is 11.6 Å². The highest BCUT2D eigenvalue weighted by Gasteiger charge is 2.19. The van der Waals surface area contributed by atoms with Crippen molar-refractivity contribution in [2.24, 2.45) is 0 Å². The molecule has 110 valence electrons. The van der Waals surface area contributed by atoms with Gasteiger partial charge in [0.15, 0.2) is 6.10 Å². The topological polar surface area (TPSA) is 38.3 Å². The van der Waals surface area contributed by atoms with E-state index in [-0.39, 0.29) is 5.91 Å². The first-order valence-corrected chi connectivity index (χ1v) is 7.20. The Kier molecular flexibility index (Phi) is 4.99. The molecule has 0 saturated heterocycles. The summed E-state index contributed by atoms with van der Waals surface area (Å²) in [5, 5.41) is 2.93. The quantitative estimate of drug-likeness (QED) is 0.897. The number of aryl methyl sites for hydroxylation is 2. The molecule has 0 fully saturated rings. The van der Waals surface area contributed by atoms with E-state index in [1.165, 1.54) is 0 Å². The summed E-state index contributed by atoms with van der Waals surface area (Å²) in [5.74, 6) is 0.607. The van der Waals surface area contributed by atoms with E-state index >= 15 is 0 Å². The van der Waals surface area contributed by atoms with E-state index in [1.54, 1.807) is 0 Å². The third-order valence-corrected chi connectivity index (χ3v) is 3.33. The molecule has 0 aliphatic carbocycles. The van der Waals surface area contributed by atoms with Crippen LogP contribution < -0.4 is 10.1 Å². The van der Waals surface area contributed by atoms with Crippen molar-refractivity contribution < 1.29 is 9.53 Å². The van der Waals surface area contributed by atoms with Crippen LogP contribution in [0, 0.1) is 13.8 Å². The predicted molar refractivity (Wildman–Crippen MR) is 85.7 cm³/mol. The smallest absolute Gasteiger partial charge is 0.265 e. The minimum atomic E-state index is -0.494. The molecule has 2 rings (SSSR count). The first-order chi connectivity index (χ1) is 10.1. The molecule has 2 aromatic rings. The Morgan fingerprint density at radius 2 is 1.90 bits per heavy atom. The zero-order valence-electron chi connectivity index (χ0n) is 12.7. The summed E-state index contributed by atoms with van der Waals surface area (Å²) in [6.45, 7) is 5.91. The first kappa shape index (κ1) is 15.1. The number of ether oxygens (including phenoxy) is 1. The van der Waals surface area contributed by atoms with Gasteiger partial charge in [-0.3, -0.25) is 4.79 Å². The Morgan fingerprint density at radius 3 is 2.57 bits per heavy atom. The lowest BCUT2D eigenvalue weighted by molar-refractivity contribution is -0.122. The van der Waals surface area contributed by atoms with Gasteiger partial charge in [-0.1, -0.05) is 37.3 Å². The van der Waals surface area contributed by atoms with Crippen molar-refractivity contribution in [3.05, 3.63) is 59.7 Å². The van der Waals surface area contributed by atoms with E-state index in [2.05, 4.69) is 5.32 Å². The lowest BCUT2D eigenvalue weighted by atomic mass is 10.2. The van der Waals surface area contributed by atoms with Crippen LogP contribution in [-0.2, 0) is 4.79 Å². The van der Waals surface area contributed by atoms with Crippen LogP contribution in [0.4, 0.5) is 5.69 Å². The molecule has 0 aliphatic heterocycles. The lowest BCUT2D eigenvalue weighted by Gasteiger charge is -2.18. The van der Waals surface area contributed by atoms with Crippen LogP contribution in [-0.4, -0.2) is 12.0 Å². The molecule has 0 saturated carbocycles. The Balaban J connectivity index is 2.07. The van der Waals surface area contributed by atoms with Crippen LogP contribution in [0.15, 0.2) is 48.5 Å². The summed E-state index contributed by atoms with van der Waals surface area (Å²) in [5.41, 5.74) is 2.98. The molecular weight excluding hydrogens is 262 g/mol. The molecule has 3 nitrogen and oxygen atoms in total. The van der Waals surface area contributed by atoms with Gasteiger partial charge in [-0.15, -0.1) is 0 Å². The first-order valence-electron chi connectivity index (χ1n) is 7.20. The molecule has 0 bridgehead atoms. The predicted octanol–water partition coefficient (Wildman–Crippen LogP) is 4.10. The van der Waals surface area contributed by atoms with Gasteiger partial charge in [-0.2, -0.15) is 0 Å². The zero-order valence-corrected chi connectivity index (χ0v) is 12.7. The second kappa shape index (κ2) is 6.93. The molecular formula is C18H21NO2. The van der Waals surface area contributed by atoms with Gasteiger partial charge in [0.2, 0.25) is 0 Å². The highest BCUT2D eigenvalue weighted by molar-refractivity contribution is 5.94. The SMILES string of the molecule is CC[C@@H](Oc1cccc(C)c1)C(=O)Nc1ccccc1C. The summed E-state index contributed by atoms with van der Waals surface area (Å²) >= 11 is 0. The van der Waals surface area contributed by atoms with Gasteiger partial charge in [-0.25, -0.2) is 0 Å². The Labute approximate surface area is 126 Å². The second-order valence-electron chi connectivity index (χ2n) is 5.14. The molecule has 1 N–H and O–H groups in total. The molecule has 0 aliphatic rings. The van der Waals surface area contributed by atoms with E-state index in [9.17, 15) is 4.79 Å². The number of carbonyl (C=O) groups excluding carboxylic acids is 1. The molecule has 0 unspecified atom stereocenters. The monoisotopic (exact) mass is 283 g/mol. The van der Waals surface area contributed by atoms with Crippen LogP contribution in [0.3, 0.4) is 0 Å². The van der Waals surface area contributed by atoms with Gasteiger partial charge in [-0.05, 0) is 49.6 Å². The van der Waals surface area contributed by atoms with Crippen molar-refractivity contribution in [3.63, 3.8) is 0 Å². The highest BCUT2D eigenvalue weighted by atomic mass is 16.5. The largest absolute Gasteiger partial charge is 0.481 e. The number of rotatable bonds is 5. The number of benzene rings is 2. The third-order valence-electron chi connectivity index (χ3n) is 3.33. The number of amides is 1. The maximum Gasteiger partial charge on any atom is 0.265 e. The zero-order chi connectivity index (χ0) is 15.2. The van der Waals surface area contributed by atoms with E-state index in [0.717, 1.165) is 22.6 Å². The third kappa shape index (κ3) is 4.09. The second-order valence-corrected chi connectivity index (χ2v) is 5.14. The summed E-state index contributed by atoms with van der Waals surface area (Å²) in [6.07, 6.45) is 0.123. The summed E-state index contributed by atoms with van der Waals surface area (Å²) < 4.78 is 5.81. The van der Waals surface area contributed by atoms with Crippen molar-refractivity contribution in [1.82, 2.24) is 0 Å². The Hall–Kier alpha value is -2.29. The molecule has 0 radical (unpaired) electrons. The minimum absolute atomic E-state index is 0.117. The Morgan fingerprint density at radius 1 is 1.14 bits per heavy atom. The number of para-hydroxylation sites is 1. The van der Waals surface area contributed by atoms with Crippen LogP contribution >= 0.6 is 0 Å². The van der Waals surface area contributed by atoms with Crippen molar-refractivity contribution in [3.8, 4) is 5.75 Å². The van der Waals surface area contributed by atoms with Gasteiger partial charge in [0.25, 0.3) is 5.91 Å². The number of hydrogen-bond acceptors (Lipinski definition) is 2. The fourth-order valence-corrected chi connectivity index (χ4v) is 2.10. The van der Waals surface area contributed by atoms with E-state index < -0.39 is 6.10 Å². The molecule has 0 spiro atoms. The van der Waals surface area contributed by atoms with Crippen molar-refractivity contribution in [2.75, 3.05) is 5.32 Å². The molecule has 21 heavy (non-hydrogen) atoms. The van der Waals surface area contributed by atoms with Crippen LogP contribution in [0.5, 0.6) is 5.75 Å². The molecule has 0 aromatic heterocycles. The molecule has 0 heterocycles. The van der Waals surface area contributed by atoms with E-state index in [1.807, 2.05) is 69.3 Å². The summed E-state index contributed by atoms with van der Waals surface area (Å²) in [7, 11) is 0. The standard InChI is InChI=1S/C18H21NO2/c1-4-17(21-15-10-7-8-13(2)12-15)18(20)19-16-11-6-5-9-14(16)3/h5-12,17H,4H2,1-3H3,(H,19,20)/t17-/m1/s1. The van der Waals surface area contributed by atoms with Crippen LogP contribution in [0.25, 0.3) is 0 Å². The summed E-state index contributed by atoms with van der Waals surface area (Å²) in [6, 6.07) is 15.5. The van der Waals surface area contributed by atoms with Crippen LogP contribution in [0.1, 0.15) is 24.5 Å². The van der Waals surface area contributed by atoms with Crippen molar-refractivity contribution in [1.29, 1.82) is 0 Å². The number of carbonyl (C=O) groups is 1. The number of anilines is 1. The number of nitrogens with one attached hydrogen (secondary N) is 1. The molecule has 3 heteroatoms. The minimum Gasteiger partial charge on any atom is -0.481 e. The molecule has 1 amide bonds. The normalized spacial score (nSPS) is 11.8. The van der Waals surface area contributed by atoms with Gasteiger partial charge in [0.1, 0.15) is 5.75 Å². The average Bonchev–Trinajstić information content (AvgIpc) is 2.47. The average molecular weight is 283 g/mol. The lowest BCUT2D eigenvalue weighted by Crippen LogP contribution is -2.32. The molecule has 2 aromatic carbocycles. The van der Waals surface area contributed by atoms with E-state index in [0.29, 0.717) is 6.42 Å². The molecule has 1 atom stereocenters. The fourth-order valence-electron chi connectivity index (χ4n) is 2.10. The maximum atomic E-state index is 12.3. The van der Waals surface area contributed by atoms with Crippen LogP contribution in [0.2, 0.25) is 0 Å². The fraction of sp³-hybridized carbons (Fsp3) is 0.278. The maximum absolute atomic E-state index is 12.3. The van der Waals surface area contributed by atoms with Crippen molar-refractivity contribution in [2.45, 2.75) is 33.3 Å². The van der Waals surface area contributed by atoms with Gasteiger partial charge >= 0.3 is 0 Å². The van der Waals surface area contributed by atoms with E-state index in [4.69, 9.17) is 4.74 Å². The number of hydrogen-bond donors (Lipinski definition) is 1. The highest BCUT2D eigenvalue weighted by Crippen LogP contribution is 2.18. The van der Waals surface area contributed by atoms with Gasteiger partial charge < -0.3 is 10.1 Å². The van der Waals surface area contributed by atoms with Gasteiger partial charge in [0, 0.05) is 5.69 Å².